The molecule has 0 saturated carbocycles. The van der Waals surface area contributed by atoms with Gasteiger partial charge in [-0.1, -0.05) is 37.5 Å². The van der Waals surface area contributed by atoms with Crippen molar-refractivity contribution in [3.05, 3.63) is 23.8 Å². The summed E-state index contributed by atoms with van der Waals surface area (Å²) in [5.41, 5.74) is 1.34. The van der Waals surface area contributed by atoms with Crippen LogP contribution in [0.3, 0.4) is 0 Å². The summed E-state index contributed by atoms with van der Waals surface area (Å²) in [6.07, 6.45) is 12.6. The first-order valence-electron chi connectivity index (χ1n) is 5.23. The van der Waals surface area contributed by atoms with Crippen LogP contribution in [0.1, 0.15) is 45.4 Å². The maximum absolute atomic E-state index is 10.9. The first-order valence-corrected chi connectivity index (χ1v) is 5.23. The van der Waals surface area contributed by atoms with Gasteiger partial charge in [0.1, 0.15) is 0 Å². The Balaban J connectivity index is 2.27. The Morgan fingerprint density at radius 2 is 2.15 bits per heavy atom. The zero-order chi connectivity index (χ0) is 9.52. The zero-order valence-corrected chi connectivity index (χ0v) is 8.38. The number of allylic oxidation sites excluding steroid dienone is 4. The topological polar surface area (TPSA) is 17.1 Å². The molecule has 0 fully saturated rings. The van der Waals surface area contributed by atoms with Crippen molar-refractivity contribution >= 4 is 5.78 Å². The van der Waals surface area contributed by atoms with Crippen molar-refractivity contribution in [3.8, 4) is 0 Å². The van der Waals surface area contributed by atoms with E-state index in [1.807, 2.05) is 6.08 Å². The number of ketones is 1. The monoisotopic (exact) mass is 178 g/mol. The van der Waals surface area contributed by atoms with Gasteiger partial charge in [0, 0.05) is 6.42 Å². The van der Waals surface area contributed by atoms with Crippen LogP contribution in [0.15, 0.2) is 23.8 Å². The van der Waals surface area contributed by atoms with E-state index in [1.165, 1.54) is 31.3 Å². The summed E-state index contributed by atoms with van der Waals surface area (Å²) in [4.78, 5) is 10.9. The molecule has 0 spiro atoms. The molecular weight excluding hydrogens is 160 g/mol. The highest BCUT2D eigenvalue weighted by Crippen LogP contribution is 2.15. The van der Waals surface area contributed by atoms with Gasteiger partial charge in [0.15, 0.2) is 5.78 Å². The fourth-order valence-electron chi connectivity index (χ4n) is 1.49. The maximum Gasteiger partial charge on any atom is 0.156 e. The Bertz CT molecular complexity index is 223. The zero-order valence-electron chi connectivity index (χ0n) is 8.38. The lowest BCUT2D eigenvalue weighted by Gasteiger charge is -2.05. The van der Waals surface area contributed by atoms with Crippen molar-refractivity contribution in [3.63, 3.8) is 0 Å². The van der Waals surface area contributed by atoms with Gasteiger partial charge < -0.3 is 0 Å². The fourth-order valence-corrected chi connectivity index (χ4v) is 1.49. The first kappa shape index (κ1) is 10.2. The molecule has 1 rings (SSSR count). The minimum Gasteiger partial charge on any atom is -0.295 e. The fraction of sp³-hybridized carbons (Fsp3) is 0.583. The predicted octanol–water partition coefficient (Wildman–Crippen LogP) is 3.41. The van der Waals surface area contributed by atoms with Gasteiger partial charge in [-0.2, -0.15) is 0 Å². The summed E-state index contributed by atoms with van der Waals surface area (Å²) in [7, 11) is 0. The average molecular weight is 178 g/mol. The number of rotatable bonds is 4. The van der Waals surface area contributed by atoms with Gasteiger partial charge in [0.2, 0.25) is 0 Å². The van der Waals surface area contributed by atoms with Crippen LogP contribution in [0.4, 0.5) is 0 Å². The average Bonchev–Trinajstić information content (AvgIpc) is 2.15. The lowest BCUT2D eigenvalue weighted by atomic mass is 9.99. The molecule has 1 nitrogen and oxygen atoms in total. The molecule has 0 aromatic rings. The molecule has 0 amide bonds. The maximum atomic E-state index is 10.9. The lowest BCUT2D eigenvalue weighted by Crippen LogP contribution is -1.99. The van der Waals surface area contributed by atoms with Crippen molar-refractivity contribution in [1.82, 2.24) is 0 Å². The van der Waals surface area contributed by atoms with Gasteiger partial charge >= 0.3 is 0 Å². The summed E-state index contributed by atoms with van der Waals surface area (Å²) in [6.45, 7) is 2.21. The number of carbonyl (C=O) groups is 1. The molecule has 0 aliphatic heterocycles. The molecule has 0 N–H and O–H groups in total. The summed E-state index contributed by atoms with van der Waals surface area (Å²) in [5, 5.41) is 0. The summed E-state index contributed by atoms with van der Waals surface area (Å²) < 4.78 is 0. The second kappa shape index (κ2) is 5.74. The lowest BCUT2D eigenvalue weighted by molar-refractivity contribution is -0.114. The quantitative estimate of drug-likeness (QED) is 0.603. The van der Waals surface area contributed by atoms with E-state index in [9.17, 15) is 4.79 Å². The minimum absolute atomic E-state index is 0.269. The van der Waals surface area contributed by atoms with Crippen LogP contribution in [-0.4, -0.2) is 5.78 Å². The van der Waals surface area contributed by atoms with E-state index in [4.69, 9.17) is 0 Å². The largest absolute Gasteiger partial charge is 0.295 e. The normalized spacial score (nSPS) is 19.8. The Hall–Kier alpha value is -0.850. The Labute approximate surface area is 80.5 Å². The van der Waals surface area contributed by atoms with Gasteiger partial charge in [0.05, 0.1) is 0 Å². The highest BCUT2D eigenvalue weighted by Gasteiger charge is 2.04. The third-order valence-electron chi connectivity index (χ3n) is 2.36. The first-order chi connectivity index (χ1) is 6.33. The molecule has 0 aromatic heterocycles. The van der Waals surface area contributed by atoms with Crippen LogP contribution in [0.2, 0.25) is 0 Å². The Kier molecular flexibility index (Phi) is 4.52. The molecular formula is C12H18O. The van der Waals surface area contributed by atoms with Crippen LogP contribution in [0.5, 0.6) is 0 Å². The Morgan fingerprint density at radius 1 is 1.31 bits per heavy atom. The van der Waals surface area contributed by atoms with E-state index in [1.54, 1.807) is 6.08 Å². The van der Waals surface area contributed by atoms with Crippen molar-refractivity contribution in [1.29, 1.82) is 0 Å². The molecule has 72 valence electrons. The summed E-state index contributed by atoms with van der Waals surface area (Å²) in [5.74, 6) is 0.269. The number of carbonyl (C=O) groups excluding carboxylic acids is 1. The molecule has 0 unspecified atom stereocenters. The van der Waals surface area contributed by atoms with Crippen LogP contribution >= 0.6 is 0 Å². The van der Waals surface area contributed by atoms with Gasteiger partial charge in [-0.25, -0.2) is 0 Å². The predicted molar refractivity (Wildman–Crippen MR) is 55.6 cm³/mol. The molecule has 1 heteroatoms. The van der Waals surface area contributed by atoms with E-state index >= 15 is 0 Å². The molecule has 0 atom stereocenters. The van der Waals surface area contributed by atoms with E-state index in [2.05, 4.69) is 13.0 Å². The SMILES string of the molecule is CCCCCC=C1C=CC(=O)CC1. The smallest absolute Gasteiger partial charge is 0.156 e. The van der Waals surface area contributed by atoms with E-state index in [-0.39, 0.29) is 5.78 Å². The summed E-state index contributed by atoms with van der Waals surface area (Å²) >= 11 is 0. The molecule has 0 saturated heterocycles. The van der Waals surface area contributed by atoms with E-state index in [0.717, 1.165) is 6.42 Å². The molecule has 13 heavy (non-hydrogen) atoms. The van der Waals surface area contributed by atoms with Gasteiger partial charge in [-0.05, 0) is 25.3 Å². The van der Waals surface area contributed by atoms with Crippen molar-refractivity contribution in [2.75, 3.05) is 0 Å². The van der Waals surface area contributed by atoms with Crippen molar-refractivity contribution in [2.45, 2.75) is 45.4 Å². The molecule has 1 aliphatic carbocycles. The third kappa shape index (κ3) is 4.07. The molecule has 0 aromatic carbocycles. The van der Waals surface area contributed by atoms with Crippen LogP contribution in [-0.2, 0) is 4.79 Å². The van der Waals surface area contributed by atoms with Crippen molar-refractivity contribution in [2.24, 2.45) is 0 Å². The highest BCUT2D eigenvalue weighted by molar-refractivity contribution is 5.91. The number of hydrogen-bond acceptors (Lipinski definition) is 1. The van der Waals surface area contributed by atoms with Gasteiger partial charge in [0.25, 0.3) is 0 Å². The molecule has 1 aliphatic rings. The second-order valence-electron chi connectivity index (χ2n) is 3.57. The van der Waals surface area contributed by atoms with E-state index < -0.39 is 0 Å². The number of unbranched alkanes of at least 4 members (excludes halogenated alkanes) is 3. The minimum atomic E-state index is 0.269. The number of hydrogen-bond donors (Lipinski definition) is 0. The van der Waals surface area contributed by atoms with Gasteiger partial charge in [-0.15, -0.1) is 0 Å². The molecule has 0 bridgehead atoms. The van der Waals surface area contributed by atoms with E-state index in [0.29, 0.717) is 6.42 Å². The standard InChI is InChI=1S/C12H18O/c1-2-3-4-5-6-11-7-9-12(13)10-8-11/h6-7,9H,2-5,8,10H2,1H3. The molecule has 0 heterocycles. The van der Waals surface area contributed by atoms with Crippen LogP contribution in [0, 0.1) is 0 Å². The summed E-state index contributed by atoms with van der Waals surface area (Å²) in [6, 6.07) is 0. The second-order valence-corrected chi connectivity index (χ2v) is 3.57. The third-order valence-corrected chi connectivity index (χ3v) is 2.36. The molecule has 0 radical (unpaired) electrons. The van der Waals surface area contributed by atoms with Crippen molar-refractivity contribution < 1.29 is 4.79 Å². The highest BCUT2D eigenvalue weighted by atomic mass is 16.1. The van der Waals surface area contributed by atoms with Crippen LogP contribution < -0.4 is 0 Å². The Morgan fingerprint density at radius 3 is 2.77 bits per heavy atom. The van der Waals surface area contributed by atoms with Gasteiger partial charge in [-0.3, -0.25) is 4.79 Å². The van der Waals surface area contributed by atoms with Crippen LogP contribution in [0.25, 0.3) is 0 Å².